The quantitative estimate of drug-likeness (QED) is 0.562. The third kappa shape index (κ3) is 4.61. The van der Waals surface area contributed by atoms with Gasteiger partial charge in [-0.1, -0.05) is 77.8 Å². The summed E-state index contributed by atoms with van der Waals surface area (Å²) < 4.78 is 0. The first kappa shape index (κ1) is 19.5. The SMILES string of the molecule is O=C1NCC=NN1c1cc(Cl)c(Cc2ccc(Cc3ccccc3)cc2)c(Cl)c1. The number of carbonyl (C=O) groups excluding carboxylic acids is 1. The van der Waals surface area contributed by atoms with E-state index in [1.807, 2.05) is 6.07 Å². The number of rotatable bonds is 5. The lowest BCUT2D eigenvalue weighted by molar-refractivity contribution is 0.247. The van der Waals surface area contributed by atoms with Crippen molar-refractivity contribution in [3.63, 3.8) is 0 Å². The normalized spacial score (nSPS) is 13.4. The third-order valence-corrected chi connectivity index (χ3v) is 5.43. The molecule has 3 aromatic carbocycles. The number of hydrogen-bond donors (Lipinski definition) is 1. The van der Waals surface area contributed by atoms with E-state index in [0.717, 1.165) is 17.5 Å². The number of halogens is 2. The Morgan fingerprint density at radius 1 is 0.862 bits per heavy atom. The molecule has 0 unspecified atom stereocenters. The van der Waals surface area contributed by atoms with Gasteiger partial charge in [-0.2, -0.15) is 10.1 Å². The number of amides is 2. The molecule has 0 aromatic heterocycles. The summed E-state index contributed by atoms with van der Waals surface area (Å²) in [6.07, 6.45) is 3.13. The van der Waals surface area contributed by atoms with Crippen molar-refractivity contribution in [1.82, 2.24) is 5.32 Å². The molecule has 0 fully saturated rings. The van der Waals surface area contributed by atoms with Gasteiger partial charge in [0.1, 0.15) is 0 Å². The van der Waals surface area contributed by atoms with Crippen LogP contribution in [0, 0.1) is 0 Å². The van der Waals surface area contributed by atoms with Gasteiger partial charge in [-0.3, -0.25) is 0 Å². The van der Waals surface area contributed by atoms with Crippen LogP contribution in [0.2, 0.25) is 10.0 Å². The van der Waals surface area contributed by atoms with Gasteiger partial charge < -0.3 is 5.32 Å². The molecule has 6 heteroatoms. The largest absolute Gasteiger partial charge is 0.342 e. The Labute approximate surface area is 179 Å². The standard InChI is InChI=1S/C23H19Cl2N3O/c24-21-14-19(28-23(29)26-10-11-27-28)15-22(25)20(21)13-18-8-6-17(7-9-18)12-16-4-2-1-3-5-16/h1-9,11,14-15H,10,12-13H2,(H,26,29). The fourth-order valence-electron chi connectivity index (χ4n) is 3.26. The molecule has 3 aromatic rings. The van der Waals surface area contributed by atoms with Crippen LogP contribution in [0.25, 0.3) is 0 Å². The molecule has 0 bridgehead atoms. The van der Waals surface area contributed by atoms with Gasteiger partial charge in [0.25, 0.3) is 0 Å². The molecule has 4 nitrogen and oxygen atoms in total. The Balaban J connectivity index is 1.51. The molecule has 1 N–H and O–H groups in total. The van der Waals surface area contributed by atoms with Gasteiger partial charge >= 0.3 is 6.03 Å². The van der Waals surface area contributed by atoms with Gasteiger partial charge in [0, 0.05) is 22.7 Å². The summed E-state index contributed by atoms with van der Waals surface area (Å²) in [6.45, 7) is 0.412. The van der Waals surface area contributed by atoms with E-state index in [0.29, 0.717) is 28.7 Å². The minimum atomic E-state index is -0.304. The van der Waals surface area contributed by atoms with E-state index in [4.69, 9.17) is 23.2 Å². The Bertz CT molecular complexity index is 1030. The molecule has 0 spiro atoms. The van der Waals surface area contributed by atoms with Gasteiger partial charge in [-0.05, 0) is 40.8 Å². The Morgan fingerprint density at radius 2 is 1.45 bits per heavy atom. The lowest BCUT2D eigenvalue weighted by atomic mass is 10.00. The molecule has 1 aliphatic rings. The highest BCUT2D eigenvalue weighted by atomic mass is 35.5. The molecule has 4 rings (SSSR count). The Kier molecular flexibility index (Phi) is 5.84. The average molecular weight is 424 g/mol. The molecule has 0 saturated heterocycles. The predicted molar refractivity (Wildman–Crippen MR) is 119 cm³/mol. The van der Waals surface area contributed by atoms with Crippen molar-refractivity contribution in [2.75, 3.05) is 11.6 Å². The van der Waals surface area contributed by atoms with Crippen molar-refractivity contribution < 1.29 is 4.79 Å². The topological polar surface area (TPSA) is 44.7 Å². The monoisotopic (exact) mass is 423 g/mol. The smallest absolute Gasteiger partial charge is 0.331 e. The second-order valence-corrected chi connectivity index (χ2v) is 7.65. The number of nitrogens with zero attached hydrogens (tertiary/aromatic N) is 2. The summed E-state index contributed by atoms with van der Waals surface area (Å²) in [6, 6.07) is 22.0. The first-order chi connectivity index (χ1) is 14.1. The Morgan fingerprint density at radius 3 is 2.07 bits per heavy atom. The summed E-state index contributed by atoms with van der Waals surface area (Å²) in [4.78, 5) is 12.0. The van der Waals surface area contributed by atoms with E-state index in [1.54, 1.807) is 18.3 Å². The molecule has 0 atom stereocenters. The van der Waals surface area contributed by atoms with Crippen molar-refractivity contribution in [1.29, 1.82) is 0 Å². The number of anilines is 1. The summed E-state index contributed by atoms with van der Waals surface area (Å²) in [5.41, 5.74) is 5.02. The number of carbonyl (C=O) groups is 1. The summed E-state index contributed by atoms with van der Waals surface area (Å²) in [5.74, 6) is 0. The first-order valence-electron chi connectivity index (χ1n) is 9.30. The van der Waals surface area contributed by atoms with Gasteiger partial charge in [-0.15, -0.1) is 0 Å². The number of urea groups is 1. The molecule has 2 amide bonds. The van der Waals surface area contributed by atoms with Crippen LogP contribution in [0.4, 0.5) is 10.5 Å². The molecule has 0 saturated carbocycles. The summed E-state index contributed by atoms with van der Waals surface area (Å²) >= 11 is 13.0. The van der Waals surface area contributed by atoms with Crippen LogP contribution in [0.3, 0.4) is 0 Å². The lowest BCUT2D eigenvalue weighted by Crippen LogP contribution is -2.41. The van der Waals surface area contributed by atoms with E-state index >= 15 is 0 Å². The molecular formula is C23H19Cl2N3O. The molecule has 29 heavy (non-hydrogen) atoms. The maximum Gasteiger partial charge on any atom is 0.342 e. The number of benzene rings is 3. The predicted octanol–water partition coefficient (Wildman–Crippen LogP) is 5.69. The maximum absolute atomic E-state index is 12.0. The fraction of sp³-hybridized carbons (Fsp3) is 0.130. The fourth-order valence-corrected chi connectivity index (χ4v) is 3.87. The molecule has 1 heterocycles. The number of hydrazone groups is 1. The van der Waals surface area contributed by atoms with Crippen LogP contribution >= 0.6 is 23.2 Å². The highest BCUT2D eigenvalue weighted by molar-refractivity contribution is 6.36. The van der Waals surface area contributed by atoms with Crippen LogP contribution in [-0.4, -0.2) is 18.8 Å². The van der Waals surface area contributed by atoms with E-state index in [-0.39, 0.29) is 6.03 Å². The van der Waals surface area contributed by atoms with Crippen molar-refractivity contribution >= 4 is 41.1 Å². The van der Waals surface area contributed by atoms with Gasteiger partial charge in [-0.25, -0.2) is 4.79 Å². The van der Waals surface area contributed by atoms with Crippen molar-refractivity contribution in [2.45, 2.75) is 12.8 Å². The Hall–Kier alpha value is -2.82. The number of nitrogens with one attached hydrogen (secondary N) is 1. The minimum Gasteiger partial charge on any atom is -0.331 e. The van der Waals surface area contributed by atoms with Crippen LogP contribution in [-0.2, 0) is 12.8 Å². The maximum atomic E-state index is 12.0. The van der Waals surface area contributed by atoms with Crippen molar-refractivity contribution in [3.05, 3.63) is 99.0 Å². The van der Waals surface area contributed by atoms with E-state index in [2.05, 4.69) is 58.9 Å². The van der Waals surface area contributed by atoms with Crippen molar-refractivity contribution in [2.24, 2.45) is 5.10 Å². The van der Waals surface area contributed by atoms with E-state index < -0.39 is 0 Å². The van der Waals surface area contributed by atoms with Crippen molar-refractivity contribution in [3.8, 4) is 0 Å². The molecule has 1 aliphatic heterocycles. The minimum absolute atomic E-state index is 0.304. The zero-order valence-electron chi connectivity index (χ0n) is 15.6. The van der Waals surface area contributed by atoms with Crippen LogP contribution in [0.1, 0.15) is 22.3 Å². The molecule has 0 radical (unpaired) electrons. The second kappa shape index (κ2) is 8.68. The lowest BCUT2D eigenvalue weighted by Gasteiger charge is -2.22. The molecular weight excluding hydrogens is 405 g/mol. The van der Waals surface area contributed by atoms with Gasteiger partial charge in [0.15, 0.2) is 0 Å². The zero-order valence-corrected chi connectivity index (χ0v) is 17.1. The number of hydrogen-bond acceptors (Lipinski definition) is 2. The summed E-state index contributed by atoms with van der Waals surface area (Å²) in [5, 5.41) is 9.07. The van der Waals surface area contributed by atoms with E-state index in [9.17, 15) is 4.79 Å². The van der Waals surface area contributed by atoms with Crippen LogP contribution in [0.5, 0.6) is 0 Å². The first-order valence-corrected chi connectivity index (χ1v) is 10.1. The van der Waals surface area contributed by atoms with Crippen LogP contribution < -0.4 is 10.3 Å². The molecule has 146 valence electrons. The molecule has 0 aliphatic carbocycles. The third-order valence-electron chi connectivity index (χ3n) is 4.76. The summed E-state index contributed by atoms with van der Waals surface area (Å²) in [7, 11) is 0. The van der Waals surface area contributed by atoms with Gasteiger partial charge in [0.05, 0.1) is 12.2 Å². The van der Waals surface area contributed by atoms with E-state index in [1.165, 1.54) is 16.1 Å². The highest BCUT2D eigenvalue weighted by Crippen LogP contribution is 2.33. The second-order valence-electron chi connectivity index (χ2n) is 6.84. The average Bonchev–Trinajstić information content (AvgIpc) is 2.73. The van der Waals surface area contributed by atoms with Gasteiger partial charge in [0.2, 0.25) is 0 Å². The zero-order chi connectivity index (χ0) is 20.2. The highest BCUT2D eigenvalue weighted by Gasteiger charge is 2.20. The van der Waals surface area contributed by atoms with Crippen LogP contribution in [0.15, 0.2) is 71.8 Å².